The summed E-state index contributed by atoms with van der Waals surface area (Å²) in [7, 11) is 0. The van der Waals surface area contributed by atoms with Crippen molar-refractivity contribution in [3.63, 3.8) is 0 Å². The molecule has 0 unspecified atom stereocenters. The first kappa shape index (κ1) is 11.9. The monoisotopic (exact) mass is 275 g/mol. The van der Waals surface area contributed by atoms with Crippen LogP contribution in [-0.2, 0) is 6.54 Å². The van der Waals surface area contributed by atoms with E-state index in [1.54, 1.807) is 23.5 Å². The maximum atomic E-state index is 12.7. The molecule has 0 radical (unpaired) electrons. The molecule has 0 aliphatic carbocycles. The van der Waals surface area contributed by atoms with Crippen LogP contribution < -0.4 is 5.32 Å². The van der Waals surface area contributed by atoms with Crippen molar-refractivity contribution in [1.29, 1.82) is 0 Å². The first-order valence-electron chi connectivity index (χ1n) is 5.67. The maximum Gasteiger partial charge on any atom is 0.246 e. The lowest BCUT2D eigenvalue weighted by Crippen LogP contribution is -1.99. The molecular formula is C13H10FN3OS. The minimum absolute atomic E-state index is 0.261. The van der Waals surface area contributed by atoms with Crippen LogP contribution in [0.4, 0.5) is 10.1 Å². The average molecular weight is 275 g/mol. The van der Waals surface area contributed by atoms with Gasteiger partial charge in [0.1, 0.15) is 5.82 Å². The zero-order chi connectivity index (χ0) is 13.1. The van der Waals surface area contributed by atoms with Crippen molar-refractivity contribution < 1.29 is 8.91 Å². The van der Waals surface area contributed by atoms with Crippen molar-refractivity contribution in [2.45, 2.75) is 6.54 Å². The molecule has 1 aromatic carbocycles. The van der Waals surface area contributed by atoms with Crippen LogP contribution in [-0.4, -0.2) is 10.1 Å². The third-order valence-electron chi connectivity index (χ3n) is 2.50. The molecule has 3 aromatic rings. The fourth-order valence-corrected chi connectivity index (χ4v) is 2.23. The van der Waals surface area contributed by atoms with E-state index in [0.717, 1.165) is 10.6 Å². The molecule has 2 heterocycles. The standard InChI is InChI=1S/C13H10FN3OS/c14-9-3-5-10(6-4-9)15-8-12-16-13(17-18-12)11-2-1-7-19-11/h1-7,15H,8H2. The molecule has 6 heteroatoms. The third kappa shape index (κ3) is 2.79. The molecule has 2 aromatic heterocycles. The van der Waals surface area contributed by atoms with Crippen LogP contribution in [0.1, 0.15) is 5.89 Å². The van der Waals surface area contributed by atoms with Gasteiger partial charge in [-0.3, -0.25) is 0 Å². The minimum Gasteiger partial charge on any atom is -0.376 e. The summed E-state index contributed by atoms with van der Waals surface area (Å²) >= 11 is 1.56. The SMILES string of the molecule is Fc1ccc(NCc2nc(-c3cccs3)no2)cc1. The highest BCUT2D eigenvalue weighted by atomic mass is 32.1. The first-order chi connectivity index (χ1) is 9.31. The molecule has 19 heavy (non-hydrogen) atoms. The van der Waals surface area contributed by atoms with Gasteiger partial charge in [-0.2, -0.15) is 4.98 Å². The van der Waals surface area contributed by atoms with E-state index in [9.17, 15) is 4.39 Å². The molecule has 3 rings (SSSR count). The lowest BCUT2D eigenvalue weighted by Gasteiger charge is -2.01. The quantitative estimate of drug-likeness (QED) is 0.791. The number of hydrogen-bond acceptors (Lipinski definition) is 5. The van der Waals surface area contributed by atoms with Crippen LogP contribution in [0, 0.1) is 5.82 Å². The minimum atomic E-state index is -0.261. The second-order valence-electron chi connectivity index (χ2n) is 3.85. The van der Waals surface area contributed by atoms with Crippen molar-refractivity contribution in [2.75, 3.05) is 5.32 Å². The van der Waals surface area contributed by atoms with Gasteiger partial charge in [-0.1, -0.05) is 11.2 Å². The van der Waals surface area contributed by atoms with E-state index in [-0.39, 0.29) is 5.82 Å². The van der Waals surface area contributed by atoms with E-state index in [1.165, 1.54) is 12.1 Å². The zero-order valence-electron chi connectivity index (χ0n) is 9.84. The van der Waals surface area contributed by atoms with E-state index in [0.29, 0.717) is 18.3 Å². The fourth-order valence-electron chi connectivity index (χ4n) is 1.58. The molecule has 0 fully saturated rings. The largest absolute Gasteiger partial charge is 0.376 e. The van der Waals surface area contributed by atoms with Crippen molar-refractivity contribution in [2.24, 2.45) is 0 Å². The molecule has 96 valence electrons. The Labute approximate surface area is 112 Å². The lowest BCUT2D eigenvalue weighted by molar-refractivity contribution is 0.384. The van der Waals surface area contributed by atoms with Gasteiger partial charge < -0.3 is 9.84 Å². The highest BCUT2D eigenvalue weighted by Crippen LogP contribution is 2.21. The number of rotatable bonds is 4. The Morgan fingerprint density at radius 2 is 2.05 bits per heavy atom. The summed E-state index contributed by atoms with van der Waals surface area (Å²) in [6, 6.07) is 9.98. The smallest absolute Gasteiger partial charge is 0.246 e. The van der Waals surface area contributed by atoms with Crippen LogP contribution in [0.3, 0.4) is 0 Å². The van der Waals surface area contributed by atoms with Gasteiger partial charge in [0.15, 0.2) is 0 Å². The molecule has 0 bridgehead atoms. The molecule has 0 saturated heterocycles. The van der Waals surface area contributed by atoms with E-state index in [4.69, 9.17) is 4.52 Å². The second-order valence-corrected chi connectivity index (χ2v) is 4.80. The topological polar surface area (TPSA) is 51.0 Å². The van der Waals surface area contributed by atoms with Gasteiger partial charge in [0.2, 0.25) is 11.7 Å². The normalized spacial score (nSPS) is 10.6. The van der Waals surface area contributed by atoms with Crippen molar-refractivity contribution in [1.82, 2.24) is 10.1 Å². The third-order valence-corrected chi connectivity index (χ3v) is 3.36. The van der Waals surface area contributed by atoms with Crippen LogP contribution >= 0.6 is 11.3 Å². The molecule has 4 nitrogen and oxygen atoms in total. The molecule has 1 N–H and O–H groups in total. The van der Waals surface area contributed by atoms with E-state index in [1.807, 2.05) is 17.5 Å². The Balaban J connectivity index is 1.66. The van der Waals surface area contributed by atoms with Crippen molar-refractivity contribution in [3.05, 3.63) is 53.5 Å². The molecule has 0 saturated carbocycles. The number of thiophene rings is 1. The van der Waals surface area contributed by atoms with Gasteiger partial charge >= 0.3 is 0 Å². The summed E-state index contributed by atoms with van der Waals surface area (Å²) in [5, 5.41) is 8.96. The number of aromatic nitrogens is 2. The van der Waals surface area contributed by atoms with E-state index in [2.05, 4.69) is 15.5 Å². The Morgan fingerprint density at radius 3 is 2.79 bits per heavy atom. The highest BCUT2D eigenvalue weighted by Gasteiger charge is 2.08. The Hall–Kier alpha value is -2.21. The highest BCUT2D eigenvalue weighted by molar-refractivity contribution is 7.13. The molecule has 0 atom stereocenters. The maximum absolute atomic E-state index is 12.7. The van der Waals surface area contributed by atoms with Gasteiger partial charge in [0, 0.05) is 5.69 Å². The number of anilines is 1. The molecule has 0 spiro atoms. The Kier molecular flexibility index (Phi) is 3.24. The van der Waals surface area contributed by atoms with Crippen LogP contribution in [0.2, 0.25) is 0 Å². The predicted octanol–water partition coefficient (Wildman–Crippen LogP) is 3.55. The summed E-state index contributed by atoms with van der Waals surface area (Å²) in [5.41, 5.74) is 0.803. The first-order valence-corrected chi connectivity index (χ1v) is 6.55. The number of hydrogen-bond donors (Lipinski definition) is 1. The molecular weight excluding hydrogens is 265 g/mol. The fraction of sp³-hybridized carbons (Fsp3) is 0.0769. The lowest BCUT2D eigenvalue weighted by atomic mass is 10.3. The van der Waals surface area contributed by atoms with Gasteiger partial charge in [-0.15, -0.1) is 11.3 Å². The summed E-state index contributed by atoms with van der Waals surface area (Å²) in [6.45, 7) is 0.407. The van der Waals surface area contributed by atoms with E-state index < -0.39 is 0 Å². The van der Waals surface area contributed by atoms with Gasteiger partial charge in [-0.25, -0.2) is 4.39 Å². The molecule has 0 amide bonds. The van der Waals surface area contributed by atoms with Crippen LogP contribution in [0.25, 0.3) is 10.7 Å². The van der Waals surface area contributed by atoms with E-state index >= 15 is 0 Å². The number of nitrogens with one attached hydrogen (secondary N) is 1. The zero-order valence-corrected chi connectivity index (χ0v) is 10.7. The Bertz CT molecular complexity index is 649. The molecule has 0 aliphatic rings. The van der Waals surface area contributed by atoms with Crippen molar-refractivity contribution in [3.8, 4) is 10.7 Å². The number of nitrogens with zero attached hydrogens (tertiary/aromatic N) is 2. The summed E-state index contributed by atoms with van der Waals surface area (Å²) in [5.74, 6) is 0.821. The van der Waals surface area contributed by atoms with Crippen molar-refractivity contribution >= 4 is 17.0 Å². The number of halogens is 1. The van der Waals surface area contributed by atoms with Crippen LogP contribution in [0.5, 0.6) is 0 Å². The van der Waals surface area contributed by atoms with Gasteiger partial charge in [-0.05, 0) is 35.7 Å². The summed E-state index contributed by atoms with van der Waals surface area (Å²) in [6.07, 6.45) is 0. The predicted molar refractivity (Wildman–Crippen MR) is 71.3 cm³/mol. The van der Waals surface area contributed by atoms with Gasteiger partial charge in [0.05, 0.1) is 11.4 Å². The summed E-state index contributed by atoms with van der Waals surface area (Å²) in [4.78, 5) is 5.25. The average Bonchev–Trinajstić information content (AvgIpc) is 3.09. The molecule has 0 aliphatic heterocycles. The summed E-state index contributed by atoms with van der Waals surface area (Å²) < 4.78 is 17.9. The Morgan fingerprint density at radius 1 is 1.21 bits per heavy atom. The van der Waals surface area contributed by atoms with Gasteiger partial charge in [0.25, 0.3) is 0 Å². The second kappa shape index (κ2) is 5.19. The van der Waals surface area contributed by atoms with Crippen LogP contribution in [0.15, 0.2) is 46.3 Å². The number of benzene rings is 1.